The molecule has 24 heavy (non-hydrogen) atoms. The van der Waals surface area contributed by atoms with Gasteiger partial charge in [-0.05, 0) is 25.2 Å². The molecule has 0 saturated carbocycles. The fraction of sp³-hybridized carbons (Fsp3) is 0.471. The van der Waals surface area contributed by atoms with Crippen molar-refractivity contribution in [3.05, 3.63) is 35.4 Å². The van der Waals surface area contributed by atoms with Crippen LogP contribution in [0.15, 0.2) is 24.3 Å². The highest BCUT2D eigenvalue weighted by Gasteiger charge is 2.51. The van der Waals surface area contributed by atoms with Gasteiger partial charge in [0.1, 0.15) is 11.6 Å². The highest BCUT2D eigenvalue weighted by atomic mass is 16.5. The fourth-order valence-electron chi connectivity index (χ4n) is 3.32. The van der Waals surface area contributed by atoms with Gasteiger partial charge in [0, 0.05) is 19.2 Å². The average Bonchev–Trinajstić information content (AvgIpc) is 2.58. The van der Waals surface area contributed by atoms with E-state index >= 15 is 0 Å². The van der Waals surface area contributed by atoms with Crippen molar-refractivity contribution in [2.24, 2.45) is 0 Å². The van der Waals surface area contributed by atoms with E-state index in [0.29, 0.717) is 37.4 Å². The van der Waals surface area contributed by atoms with Gasteiger partial charge in [0.25, 0.3) is 5.91 Å². The van der Waals surface area contributed by atoms with Crippen LogP contribution in [0.5, 0.6) is 0 Å². The smallest absolute Gasteiger partial charge is 0.254 e. The minimum absolute atomic E-state index is 0.0621. The predicted octanol–water partition coefficient (Wildman–Crippen LogP) is -0.171. The van der Waals surface area contributed by atoms with E-state index < -0.39 is 5.60 Å². The van der Waals surface area contributed by atoms with Crippen molar-refractivity contribution in [1.82, 2.24) is 15.1 Å². The average molecular weight is 328 g/mol. The van der Waals surface area contributed by atoms with Gasteiger partial charge in [-0.1, -0.05) is 6.07 Å². The Morgan fingerprint density at radius 3 is 2.75 bits per heavy atom. The zero-order valence-electron chi connectivity index (χ0n) is 13.8. The lowest BCUT2D eigenvalue weighted by atomic mass is 9.90. The monoisotopic (exact) mass is 328 g/mol. The second-order valence-electron chi connectivity index (χ2n) is 6.39. The first kappa shape index (κ1) is 16.4. The summed E-state index contributed by atoms with van der Waals surface area (Å²) in [6, 6.07) is 8.44. The Morgan fingerprint density at radius 1 is 1.38 bits per heavy atom. The summed E-state index contributed by atoms with van der Waals surface area (Å²) in [6.45, 7) is 1.91. The summed E-state index contributed by atoms with van der Waals surface area (Å²) in [4.78, 5) is 28.0. The lowest BCUT2D eigenvalue weighted by Gasteiger charge is -2.54. The van der Waals surface area contributed by atoms with E-state index in [-0.39, 0.29) is 17.9 Å². The Hall–Kier alpha value is -2.43. The van der Waals surface area contributed by atoms with Crippen molar-refractivity contribution in [2.75, 3.05) is 40.3 Å². The maximum absolute atomic E-state index is 12.5. The molecule has 2 fully saturated rings. The number of carbonyl (C=O) groups excluding carboxylic acids is 2. The van der Waals surface area contributed by atoms with Gasteiger partial charge in [0.2, 0.25) is 5.91 Å². The van der Waals surface area contributed by atoms with Crippen LogP contribution in [0, 0.1) is 11.3 Å². The van der Waals surface area contributed by atoms with Crippen LogP contribution >= 0.6 is 0 Å². The van der Waals surface area contributed by atoms with Crippen molar-refractivity contribution in [3.63, 3.8) is 0 Å². The number of nitriles is 1. The summed E-state index contributed by atoms with van der Waals surface area (Å²) in [5, 5.41) is 11.6. The van der Waals surface area contributed by atoms with Crippen molar-refractivity contribution in [1.29, 1.82) is 5.26 Å². The van der Waals surface area contributed by atoms with Crippen LogP contribution in [-0.2, 0) is 9.53 Å². The number of nitrogens with zero attached hydrogens (tertiary/aromatic N) is 3. The molecule has 2 aliphatic rings. The zero-order valence-corrected chi connectivity index (χ0v) is 13.8. The fourth-order valence-corrected chi connectivity index (χ4v) is 3.32. The maximum Gasteiger partial charge on any atom is 0.254 e. The lowest BCUT2D eigenvalue weighted by Crippen LogP contribution is -2.73. The second kappa shape index (κ2) is 6.23. The van der Waals surface area contributed by atoms with Crippen molar-refractivity contribution in [3.8, 4) is 6.07 Å². The van der Waals surface area contributed by atoms with E-state index in [0.717, 1.165) is 0 Å². The topological polar surface area (TPSA) is 85.7 Å². The molecule has 2 aliphatic heterocycles. The van der Waals surface area contributed by atoms with E-state index in [9.17, 15) is 9.59 Å². The molecule has 1 spiro atoms. The van der Waals surface area contributed by atoms with Crippen LogP contribution < -0.4 is 5.32 Å². The van der Waals surface area contributed by atoms with Crippen molar-refractivity contribution in [2.45, 2.75) is 11.6 Å². The number of nitrogens with one attached hydrogen (secondary N) is 1. The van der Waals surface area contributed by atoms with Crippen LogP contribution in [0.2, 0.25) is 0 Å². The molecule has 1 atom stereocenters. The van der Waals surface area contributed by atoms with Gasteiger partial charge in [-0.3, -0.25) is 14.5 Å². The summed E-state index contributed by atoms with van der Waals surface area (Å²) in [5.74, 6) is -0.162. The van der Waals surface area contributed by atoms with Crippen LogP contribution in [-0.4, -0.2) is 73.6 Å². The van der Waals surface area contributed by atoms with Gasteiger partial charge < -0.3 is 15.0 Å². The first-order valence-corrected chi connectivity index (χ1v) is 7.83. The number of likely N-dealkylation sites (N-methyl/N-ethyl adjacent to an activating group) is 2. The molecule has 1 aromatic carbocycles. The molecular formula is C17H20N4O3. The molecule has 2 saturated heterocycles. The molecular weight excluding hydrogens is 308 g/mol. The zero-order chi connectivity index (χ0) is 17.3. The number of rotatable bonds is 2. The molecule has 7 heteroatoms. The number of hydrogen-bond acceptors (Lipinski definition) is 5. The number of ether oxygens (including phenoxy) is 1. The summed E-state index contributed by atoms with van der Waals surface area (Å²) in [7, 11) is 3.50. The molecule has 2 heterocycles. The summed E-state index contributed by atoms with van der Waals surface area (Å²) >= 11 is 0. The number of amides is 2. The molecule has 0 radical (unpaired) electrons. The van der Waals surface area contributed by atoms with Crippen molar-refractivity contribution >= 4 is 11.8 Å². The summed E-state index contributed by atoms with van der Waals surface area (Å²) in [6.07, 6.45) is 0. The number of hydrogen-bond donors (Lipinski definition) is 1. The lowest BCUT2D eigenvalue weighted by molar-refractivity contribution is -0.187. The Labute approximate surface area is 140 Å². The van der Waals surface area contributed by atoms with Crippen LogP contribution in [0.1, 0.15) is 15.9 Å². The molecule has 126 valence electrons. The van der Waals surface area contributed by atoms with Gasteiger partial charge >= 0.3 is 0 Å². The standard InChI is InChI=1S/C17H20N4O3/c1-19-15(22)14-8-24-17(9-20(14)2)10-21(11-17)16(23)13-5-3-4-12(6-13)7-18/h3-6,14H,8-11H2,1-2H3,(H,19,22). The Kier molecular flexibility index (Phi) is 4.26. The normalized spacial score (nSPS) is 22.5. The molecule has 3 rings (SSSR count). The van der Waals surface area contributed by atoms with Crippen LogP contribution in [0.4, 0.5) is 0 Å². The molecule has 1 unspecified atom stereocenters. The summed E-state index contributed by atoms with van der Waals surface area (Å²) < 4.78 is 5.92. The highest BCUT2D eigenvalue weighted by molar-refractivity contribution is 5.95. The third-order valence-electron chi connectivity index (χ3n) is 4.65. The molecule has 7 nitrogen and oxygen atoms in total. The predicted molar refractivity (Wildman–Crippen MR) is 86.2 cm³/mol. The SMILES string of the molecule is CNC(=O)C1COC2(CN(C(=O)c3cccc(C#N)c3)C2)CN1C. The van der Waals surface area contributed by atoms with Crippen LogP contribution in [0.3, 0.4) is 0 Å². The molecule has 1 aromatic rings. The van der Waals surface area contributed by atoms with E-state index in [4.69, 9.17) is 10.00 Å². The van der Waals surface area contributed by atoms with Crippen molar-refractivity contribution < 1.29 is 14.3 Å². The molecule has 0 bridgehead atoms. The van der Waals surface area contributed by atoms with E-state index in [1.165, 1.54) is 0 Å². The van der Waals surface area contributed by atoms with E-state index in [1.54, 1.807) is 36.2 Å². The minimum atomic E-state index is -0.401. The molecule has 0 aliphatic carbocycles. The summed E-state index contributed by atoms with van der Waals surface area (Å²) in [5.41, 5.74) is 0.580. The Bertz CT molecular complexity index is 706. The largest absolute Gasteiger partial charge is 0.368 e. The van der Waals surface area contributed by atoms with Gasteiger partial charge in [-0.15, -0.1) is 0 Å². The van der Waals surface area contributed by atoms with Gasteiger partial charge in [-0.2, -0.15) is 5.26 Å². The van der Waals surface area contributed by atoms with Gasteiger partial charge in [-0.25, -0.2) is 0 Å². The quantitative estimate of drug-likeness (QED) is 0.815. The van der Waals surface area contributed by atoms with Gasteiger partial charge in [0.05, 0.1) is 31.3 Å². The number of likely N-dealkylation sites (tertiary alicyclic amines) is 1. The first-order chi connectivity index (χ1) is 11.5. The molecule has 0 aromatic heterocycles. The molecule has 2 amide bonds. The number of morpholine rings is 1. The molecule has 1 N–H and O–H groups in total. The third kappa shape index (κ3) is 2.86. The minimum Gasteiger partial charge on any atom is -0.368 e. The van der Waals surface area contributed by atoms with Gasteiger partial charge in [0.15, 0.2) is 0 Å². The van der Waals surface area contributed by atoms with Crippen LogP contribution in [0.25, 0.3) is 0 Å². The third-order valence-corrected chi connectivity index (χ3v) is 4.65. The maximum atomic E-state index is 12.5. The van der Waals surface area contributed by atoms with E-state index in [1.807, 2.05) is 18.0 Å². The first-order valence-electron chi connectivity index (χ1n) is 7.83. The van der Waals surface area contributed by atoms with E-state index in [2.05, 4.69) is 5.32 Å². The number of carbonyl (C=O) groups is 2. The number of benzene rings is 1. The second-order valence-corrected chi connectivity index (χ2v) is 6.39. The highest BCUT2D eigenvalue weighted by Crippen LogP contribution is 2.31. The Balaban J connectivity index is 1.62. The Morgan fingerprint density at radius 2 is 2.12 bits per heavy atom.